The van der Waals surface area contributed by atoms with Crippen LogP contribution in [0.5, 0.6) is 5.88 Å². The lowest BCUT2D eigenvalue weighted by Crippen LogP contribution is -1.96. The predicted molar refractivity (Wildman–Crippen MR) is 65.3 cm³/mol. The maximum Gasteiger partial charge on any atom is 0.212 e. The molecule has 0 aliphatic heterocycles. The van der Waals surface area contributed by atoms with Crippen LogP contribution in [0.25, 0.3) is 16.9 Å². The van der Waals surface area contributed by atoms with Gasteiger partial charge in [0, 0.05) is 6.07 Å². The van der Waals surface area contributed by atoms with Gasteiger partial charge in [-0.3, -0.25) is 4.57 Å². The van der Waals surface area contributed by atoms with Crippen LogP contribution >= 0.6 is 0 Å². The highest BCUT2D eigenvalue weighted by atomic mass is 16.3. The summed E-state index contributed by atoms with van der Waals surface area (Å²) in [5, 5.41) is 9.44. The quantitative estimate of drug-likeness (QED) is 0.692. The molecule has 3 aromatic rings. The molecule has 0 aliphatic carbocycles. The van der Waals surface area contributed by atoms with E-state index in [1.54, 1.807) is 12.4 Å². The van der Waals surface area contributed by atoms with Crippen LogP contribution in [0.3, 0.4) is 0 Å². The van der Waals surface area contributed by atoms with Crippen molar-refractivity contribution in [1.29, 1.82) is 0 Å². The predicted octanol–water partition coefficient (Wildman–Crippen LogP) is 2.43. The van der Waals surface area contributed by atoms with Crippen molar-refractivity contribution in [1.82, 2.24) is 14.5 Å². The first kappa shape index (κ1) is 9.84. The van der Waals surface area contributed by atoms with E-state index in [1.165, 1.54) is 6.07 Å². The molecule has 0 saturated carbocycles. The summed E-state index contributed by atoms with van der Waals surface area (Å²) in [4.78, 5) is 8.38. The van der Waals surface area contributed by atoms with E-state index in [4.69, 9.17) is 0 Å². The number of pyridine rings is 1. The molecule has 0 amide bonds. The second-order valence-corrected chi connectivity index (χ2v) is 3.91. The van der Waals surface area contributed by atoms with Gasteiger partial charge in [-0.25, -0.2) is 4.98 Å². The number of benzene rings is 1. The lowest BCUT2D eigenvalue weighted by molar-refractivity contribution is 0.455. The first-order chi connectivity index (χ1) is 8.25. The Bertz CT molecular complexity index is 688. The average molecular weight is 225 g/mol. The fourth-order valence-electron chi connectivity index (χ4n) is 1.89. The number of aryl methyl sites for hydroxylation is 1. The molecule has 1 N–H and O–H groups in total. The molecule has 2 heterocycles. The summed E-state index contributed by atoms with van der Waals surface area (Å²) in [6.07, 6.45) is 1.72. The highest BCUT2D eigenvalue weighted by Crippen LogP contribution is 2.20. The van der Waals surface area contributed by atoms with Crippen molar-refractivity contribution in [3.05, 3.63) is 48.3 Å². The molecule has 3 rings (SSSR count). The van der Waals surface area contributed by atoms with E-state index in [0.717, 1.165) is 16.8 Å². The Kier molecular flexibility index (Phi) is 2.08. The molecule has 0 saturated heterocycles. The topological polar surface area (TPSA) is 50.9 Å². The molecular formula is C13H11N3O. The van der Waals surface area contributed by atoms with E-state index in [1.807, 2.05) is 35.8 Å². The fourth-order valence-corrected chi connectivity index (χ4v) is 1.89. The minimum absolute atomic E-state index is 0.00725. The molecule has 0 bridgehead atoms. The van der Waals surface area contributed by atoms with E-state index in [0.29, 0.717) is 5.65 Å². The Morgan fingerprint density at radius 1 is 1.12 bits per heavy atom. The van der Waals surface area contributed by atoms with E-state index in [-0.39, 0.29) is 5.88 Å². The Labute approximate surface area is 98.2 Å². The van der Waals surface area contributed by atoms with Crippen molar-refractivity contribution in [2.75, 3.05) is 0 Å². The highest BCUT2D eigenvalue weighted by Gasteiger charge is 2.08. The number of rotatable bonds is 1. The minimum Gasteiger partial charge on any atom is -0.493 e. The van der Waals surface area contributed by atoms with Crippen LogP contribution in [-0.2, 0) is 0 Å². The van der Waals surface area contributed by atoms with Gasteiger partial charge in [0.25, 0.3) is 0 Å². The monoisotopic (exact) mass is 225 g/mol. The molecule has 0 atom stereocenters. The number of nitrogens with zero attached hydrogens (tertiary/aromatic N) is 3. The molecule has 4 heteroatoms. The SMILES string of the molecule is Cc1ccccc1-n1cnc2ccc(O)nc21. The number of imidazole rings is 1. The van der Waals surface area contributed by atoms with Crippen molar-refractivity contribution >= 4 is 11.2 Å². The second-order valence-electron chi connectivity index (χ2n) is 3.91. The molecule has 0 spiro atoms. The fraction of sp³-hybridized carbons (Fsp3) is 0.0769. The van der Waals surface area contributed by atoms with E-state index >= 15 is 0 Å². The third kappa shape index (κ3) is 1.54. The lowest BCUT2D eigenvalue weighted by Gasteiger charge is -2.06. The van der Waals surface area contributed by atoms with Crippen molar-refractivity contribution in [2.45, 2.75) is 6.92 Å². The largest absolute Gasteiger partial charge is 0.493 e. The molecule has 84 valence electrons. The van der Waals surface area contributed by atoms with Crippen LogP contribution in [0.15, 0.2) is 42.7 Å². The summed E-state index contributed by atoms with van der Waals surface area (Å²) >= 11 is 0. The lowest BCUT2D eigenvalue weighted by atomic mass is 10.2. The smallest absolute Gasteiger partial charge is 0.212 e. The molecule has 17 heavy (non-hydrogen) atoms. The van der Waals surface area contributed by atoms with Crippen molar-refractivity contribution in [2.24, 2.45) is 0 Å². The zero-order chi connectivity index (χ0) is 11.8. The van der Waals surface area contributed by atoms with Crippen LogP contribution in [-0.4, -0.2) is 19.6 Å². The summed E-state index contributed by atoms with van der Waals surface area (Å²) in [6.45, 7) is 2.03. The third-order valence-electron chi connectivity index (χ3n) is 2.76. The van der Waals surface area contributed by atoms with Crippen molar-refractivity contribution in [3.63, 3.8) is 0 Å². The van der Waals surface area contributed by atoms with Crippen LogP contribution in [0.2, 0.25) is 0 Å². The molecule has 0 unspecified atom stereocenters. The van der Waals surface area contributed by atoms with Gasteiger partial charge < -0.3 is 5.11 Å². The van der Waals surface area contributed by atoms with E-state index in [2.05, 4.69) is 9.97 Å². The molecule has 0 radical (unpaired) electrons. The van der Waals surface area contributed by atoms with Gasteiger partial charge in [0.05, 0.1) is 5.69 Å². The van der Waals surface area contributed by atoms with Crippen LogP contribution in [0.1, 0.15) is 5.56 Å². The maximum atomic E-state index is 9.44. The Balaban J connectivity index is 2.31. The van der Waals surface area contributed by atoms with E-state index < -0.39 is 0 Å². The number of para-hydroxylation sites is 1. The van der Waals surface area contributed by atoms with Crippen LogP contribution in [0.4, 0.5) is 0 Å². The van der Waals surface area contributed by atoms with Gasteiger partial charge in [0.2, 0.25) is 5.88 Å². The Morgan fingerprint density at radius 3 is 2.76 bits per heavy atom. The molecule has 2 aromatic heterocycles. The summed E-state index contributed by atoms with van der Waals surface area (Å²) in [5.41, 5.74) is 3.59. The van der Waals surface area contributed by atoms with Gasteiger partial charge in [0.15, 0.2) is 5.65 Å². The summed E-state index contributed by atoms with van der Waals surface area (Å²) in [7, 11) is 0. The van der Waals surface area contributed by atoms with Crippen LogP contribution in [0, 0.1) is 6.92 Å². The van der Waals surface area contributed by atoms with Gasteiger partial charge in [0.1, 0.15) is 11.8 Å². The molecular weight excluding hydrogens is 214 g/mol. The first-order valence-corrected chi connectivity index (χ1v) is 5.35. The normalized spacial score (nSPS) is 10.9. The Morgan fingerprint density at radius 2 is 1.94 bits per heavy atom. The van der Waals surface area contributed by atoms with Crippen molar-refractivity contribution in [3.8, 4) is 11.6 Å². The number of aromatic hydroxyl groups is 1. The third-order valence-corrected chi connectivity index (χ3v) is 2.76. The number of hydrogen-bond donors (Lipinski definition) is 1. The van der Waals surface area contributed by atoms with Gasteiger partial charge in [-0.15, -0.1) is 0 Å². The number of aromatic nitrogens is 3. The summed E-state index contributed by atoms with van der Waals surface area (Å²) < 4.78 is 1.88. The van der Waals surface area contributed by atoms with Gasteiger partial charge in [-0.1, -0.05) is 18.2 Å². The average Bonchev–Trinajstić information content (AvgIpc) is 2.72. The summed E-state index contributed by atoms with van der Waals surface area (Å²) in [6, 6.07) is 11.3. The highest BCUT2D eigenvalue weighted by molar-refractivity contribution is 5.74. The number of fused-ring (bicyclic) bond motifs is 1. The van der Waals surface area contributed by atoms with Gasteiger partial charge in [-0.2, -0.15) is 4.98 Å². The van der Waals surface area contributed by atoms with E-state index in [9.17, 15) is 5.11 Å². The number of hydrogen-bond acceptors (Lipinski definition) is 3. The molecule has 1 aromatic carbocycles. The maximum absolute atomic E-state index is 9.44. The zero-order valence-electron chi connectivity index (χ0n) is 9.33. The van der Waals surface area contributed by atoms with Gasteiger partial charge >= 0.3 is 0 Å². The van der Waals surface area contributed by atoms with Gasteiger partial charge in [-0.05, 0) is 24.6 Å². The Hall–Kier alpha value is -2.36. The molecule has 0 fully saturated rings. The summed E-state index contributed by atoms with van der Waals surface area (Å²) in [5.74, 6) is 0.00725. The molecule has 4 nitrogen and oxygen atoms in total. The first-order valence-electron chi connectivity index (χ1n) is 5.35. The standard InChI is InChI=1S/C13H11N3O/c1-9-4-2-3-5-11(9)16-8-14-10-6-7-12(17)15-13(10)16/h2-8H,1H3,(H,15,17). The molecule has 0 aliphatic rings. The minimum atomic E-state index is 0.00725. The second kappa shape index (κ2) is 3.59. The van der Waals surface area contributed by atoms with Crippen molar-refractivity contribution < 1.29 is 5.11 Å². The van der Waals surface area contributed by atoms with Crippen LogP contribution < -0.4 is 0 Å². The zero-order valence-corrected chi connectivity index (χ0v) is 9.33.